The number of aromatic nitrogens is 1. The van der Waals surface area contributed by atoms with Crippen molar-refractivity contribution in [2.24, 2.45) is 4.99 Å². The summed E-state index contributed by atoms with van der Waals surface area (Å²) in [5, 5.41) is 21.6. The van der Waals surface area contributed by atoms with Gasteiger partial charge >= 0.3 is 5.97 Å². The van der Waals surface area contributed by atoms with Crippen LogP contribution in [-0.2, 0) is 4.79 Å². The summed E-state index contributed by atoms with van der Waals surface area (Å²) in [6.45, 7) is 0. The van der Waals surface area contributed by atoms with Crippen molar-refractivity contribution in [1.82, 2.24) is 4.73 Å². The second-order valence-corrected chi connectivity index (χ2v) is 5.23. The average Bonchev–Trinajstić information content (AvgIpc) is 2.55. The van der Waals surface area contributed by atoms with Gasteiger partial charge in [-0.15, -0.1) is 0 Å². The number of fused-ring (bicyclic) bond motifs is 2. The fourth-order valence-corrected chi connectivity index (χ4v) is 2.70. The van der Waals surface area contributed by atoms with Crippen molar-refractivity contribution >= 4 is 40.4 Å². The standard InChI is InChI=1S/C16H14N2O3S/c19-16(20)12(9-22)17-15-10-5-1-3-7-13(10)18(21)14-8-4-2-6-11(14)15/h1-8,12,21-22H,9H2,(H,19,20). The van der Waals surface area contributed by atoms with E-state index in [-0.39, 0.29) is 5.75 Å². The van der Waals surface area contributed by atoms with Crippen LogP contribution in [0, 0.1) is 0 Å². The molecule has 1 unspecified atom stereocenters. The van der Waals surface area contributed by atoms with Gasteiger partial charge in [0, 0.05) is 16.5 Å². The maximum Gasteiger partial charge on any atom is 0.329 e. The molecule has 3 aromatic rings. The van der Waals surface area contributed by atoms with Crippen LogP contribution < -0.4 is 5.36 Å². The number of nitrogens with zero attached hydrogens (tertiary/aromatic N) is 2. The molecule has 3 rings (SSSR count). The first-order valence-electron chi connectivity index (χ1n) is 6.72. The quantitative estimate of drug-likeness (QED) is 0.394. The van der Waals surface area contributed by atoms with E-state index in [1.54, 1.807) is 24.3 Å². The van der Waals surface area contributed by atoms with E-state index >= 15 is 0 Å². The van der Waals surface area contributed by atoms with Crippen LogP contribution in [0.4, 0.5) is 0 Å². The summed E-state index contributed by atoms with van der Waals surface area (Å²) < 4.78 is 1.10. The summed E-state index contributed by atoms with van der Waals surface area (Å²) in [5.41, 5.74) is 1.14. The summed E-state index contributed by atoms with van der Waals surface area (Å²) in [6.07, 6.45) is 0. The summed E-state index contributed by atoms with van der Waals surface area (Å²) in [7, 11) is 0. The van der Waals surface area contributed by atoms with E-state index in [1.807, 2.05) is 24.3 Å². The Morgan fingerprint density at radius 2 is 1.59 bits per heavy atom. The van der Waals surface area contributed by atoms with Gasteiger partial charge in [-0.1, -0.05) is 36.4 Å². The molecule has 0 saturated carbocycles. The highest BCUT2D eigenvalue weighted by Gasteiger charge is 2.15. The molecule has 5 nitrogen and oxygen atoms in total. The SMILES string of the molecule is O=C(O)C(CS)N=c1c2ccccc2n(O)c2ccccc12. The summed E-state index contributed by atoms with van der Waals surface area (Å²) in [5.74, 6) is -0.921. The van der Waals surface area contributed by atoms with Gasteiger partial charge in [-0.05, 0) is 12.1 Å². The molecule has 0 aliphatic rings. The van der Waals surface area contributed by atoms with Crippen LogP contribution in [0.25, 0.3) is 21.8 Å². The Hall–Kier alpha value is -2.47. The van der Waals surface area contributed by atoms with E-state index < -0.39 is 12.0 Å². The third kappa shape index (κ3) is 2.31. The number of pyridine rings is 1. The Kier molecular flexibility index (Phi) is 3.77. The molecule has 0 aliphatic heterocycles. The summed E-state index contributed by atoms with van der Waals surface area (Å²) in [6, 6.07) is 13.5. The number of rotatable bonds is 3. The van der Waals surface area contributed by atoms with E-state index in [0.29, 0.717) is 27.2 Å². The third-order valence-corrected chi connectivity index (χ3v) is 3.86. The van der Waals surface area contributed by atoms with Gasteiger partial charge in [-0.3, -0.25) is 4.99 Å². The van der Waals surface area contributed by atoms with Gasteiger partial charge in [-0.25, -0.2) is 4.79 Å². The van der Waals surface area contributed by atoms with Gasteiger partial charge in [0.25, 0.3) is 0 Å². The number of para-hydroxylation sites is 2. The number of hydrogen-bond acceptors (Lipinski definition) is 4. The molecule has 0 fully saturated rings. The Morgan fingerprint density at radius 1 is 1.09 bits per heavy atom. The molecular weight excluding hydrogens is 300 g/mol. The zero-order valence-electron chi connectivity index (χ0n) is 11.5. The van der Waals surface area contributed by atoms with Crippen LogP contribution in [0.1, 0.15) is 0 Å². The number of carboxylic acid groups (broad SMARTS) is 1. The Bertz CT molecular complexity index is 873. The second kappa shape index (κ2) is 5.73. The molecule has 2 aromatic carbocycles. The lowest BCUT2D eigenvalue weighted by molar-refractivity contribution is -0.137. The van der Waals surface area contributed by atoms with Crippen LogP contribution in [0.15, 0.2) is 53.5 Å². The normalized spacial score (nSPS) is 12.4. The van der Waals surface area contributed by atoms with E-state index in [0.717, 1.165) is 4.73 Å². The molecule has 0 saturated heterocycles. The highest BCUT2D eigenvalue weighted by atomic mass is 32.1. The maximum absolute atomic E-state index is 11.3. The number of aliphatic carboxylic acids is 1. The highest BCUT2D eigenvalue weighted by Crippen LogP contribution is 2.17. The van der Waals surface area contributed by atoms with E-state index in [4.69, 9.17) is 0 Å². The lowest BCUT2D eigenvalue weighted by Gasteiger charge is -2.11. The highest BCUT2D eigenvalue weighted by molar-refractivity contribution is 7.80. The predicted octanol–water partition coefficient (Wildman–Crippen LogP) is 2.32. The molecule has 0 spiro atoms. The zero-order valence-corrected chi connectivity index (χ0v) is 12.4. The fraction of sp³-hybridized carbons (Fsp3) is 0.125. The number of thiol groups is 1. The van der Waals surface area contributed by atoms with Crippen LogP contribution >= 0.6 is 12.6 Å². The van der Waals surface area contributed by atoms with Crippen LogP contribution in [0.2, 0.25) is 0 Å². The number of carboxylic acids is 1. The van der Waals surface area contributed by atoms with Gasteiger partial charge in [-0.2, -0.15) is 17.4 Å². The molecule has 22 heavy (non-hydrogen) atoms. The van der Waals surface area contributed by atoms with E-state index in [9.17, 15) is 15.1 Å². The van der Waals surface area contributed by atoms with Crippen LogP contribution in [0.5, 0.6) is 0 Å². The molecule has 1 heterocycles. The minimum Gasteiger partial charge on any atom is -0.480 e. The number of benzene rings is 2. The van der Waals surface area contributed by atoms with Crippen molar-refractivity contribution in [2.45, 2.75) is 6.04 Å². The van der Waals surface area contributed by atoms with Crippen LogP contribution in [-0.4, -0.2) is 32.8 Å². The second-order valence-electron chi connectivity index (χ2n) is 4.86. The van der Waals surface area contributed by atoms with Gasteiger partial charge in [0.1, 0.15) is 0 Å². The lowest BCUT2D eigenvalue weighted by atomic mass is 10.1. The minimum absolute atomic E-state index is 0.103. The fourth-order valence-electron chi connectivity index (χ4n) is 2.46. The molecule has 1 aromatic heterocycles. The Morgan fingerprint density at radius 3 is 2.05 bits per heavy atom. The molecule has 0 bridgehead atoms. The smallest absolute Gasteiger partial charge is 0.329 e. The first-order chi connectivity index (χ1) is 10.6. The summed E-state index contributed by atoms with van der Waals surface area (Å²) in [4.78, 5) is 15.7. The predicted molar refractivity (Wildman–Crippen MR) is 87.5 cm³/mol. The third-order valence-electron chi connectivity index (χ3n) is 3.52. The molecule has 0 aliphatic carbocycles. The van der Waals surface area contributed by atoms with Crippen molar-refractivity contribution in [3.63, 3.8) is 0 Å². The molecule has 0 amide bonds. The molecule has 112 valence electrons. The minimum atomic E-state index is -1.02. The van der Waals surface area contributed by atoms with E-state index in [2.05, 4.69) is 17.6 Å². The first kappa shape index (κ1) is 14.5. The van der Waals surface area contributed by atoms with Crippen molar-refractivity contribution in [2.75, 3.05) is 5.75 Å². The monoisotopic (exact) mass is 314 g/mol. The zero-order chi connectivity index (χ0) is 15.7. The molecule has 2 N–H and O–H groups in total. The van der Waals surface area contributed by atoms with Gasteiger partial charge in [0.05, 0.1) is 16.4 Å². The molecular formula is C16H14N2O3S. The number of carbonyl (C=O) groups is 1. The number of hydrogen-bond donors (Lipinski definition) is 3. The Balaban J connectivity index is 2.52. The van der Waals surface area contributed by atoms with Crippen molar-refractivity contribution in [1.29, 1.82) is 0 Å². The largest absolute Gasteiger partial charge is 0.480 e. The van der Waals surface area contributed by atoms with E-state index in [1.165, 1.54) is 0 Å². The molecule has 1 atom stereocenters. The Labute approximate surface area is 131 Å². The maximum atomic E-state index is 11.3. The first-order valence-corrected chi connectivity index (χ1v) is 7.36. The molecule has 0 radical (unpaired) electrons. The van der Waals surface area contributed by atoms with Gasteiger partial charge in [0.2, 0.25) is 0 Å². The van der Waals surface area contributed by atoms with Crippen molar-refractivity contribution < 1.29 is 15.1 Å². The summed E-state index contributed by atoms with van der Waals surface area (Å²) >= 11 is 4.06. The lowest BCUT2D eigenvalue weighted by Crippen LogP contribution is -2.24. The molecule has 6 heteroatoms. The average molecular weight is 314 g/mol. The topological polar surface area (TPSA) is 74.8 Å². The van der Waals surface area contributed by atoms with Crippen molar-refractivity contribution in [3.8, 4) is 0 Å². The van der Waals surface area contributed by atoms with Gasteiger partial charge < -0.3 is 10.3 Å². The van der Waals surface area contributed by atoms with Gasteiger partial charge in [0.15, 0.2) is 6.04 Å². The van der Waals surface area contributed by atoms with Crippen LogP contribution in [0.3, 0.4) is 0 Å². The van der Waals surface area contributed by atoms with Crippen molar-refractivity contribution in [3.05, 3.63) is 53.9 Å².